The minimum Gasteiger partial charge on any atom is -0.496 e. The van der Waals surface area contributed by atoms with Crippen LogP contribution in [-0.2, 0) is 11.2 Å². The molecule has 0 spiro atoms. The standard InChI is InChI=1S/C18H29NO5/c1-5-12(8-13(11-19)18(20)21)6-7-15-16(23-3)9-14(22-2)10-17(15)24-4/h9-10,12-13H,5-8,11,19H2,1-4H3,(H,20,21). The lowest BCUT2D eigenvalue weighted by molar-refractivity contribution is -0.142. The average molecular weight is 339 g/mol. The van der Waals surface area contributed by atoms with E-state index in [4.69, 9.17) is 19.9 Å². The van der Waals surface area contributed by atoms with E-state index in [-0.39, 0.29) is 12.5 Å². The van der Waals surface area contributed by atoms with Gasteiger partial charge in [0.1, 0.15) is 17.2 Å². The Bertz CT molecular complexity index is 507. The number of carbonyl (C=O) groups is 1. The Balaban J connectivity index is 2.89. The minimum atomic E-state index is -0.824. The molecule has 1 aromatic rings. The third kappa shape index (κ3) is 5.30. The van der Waals surface area contributed by atoms with E-state index in [1.807, 2.05) is 12.1 Å². The lowest BCUT2D eigenvalue weighted by Crippen LogP contribution is -2.26. The molecule has 0 aliphatic rings. The number of nitrogens with two attached hydrogens (primary N) is 1. The summed E-state index contributed by atoms with van der Waals surface area (Å²) < 4.78 is 16.2. The first-order valence-corrected chi connectivity index (χ1v) is 8.22. The van der Waals surface area contributed by atoms with Crippen molar-refractivity contribution in [2.24, 2.45) is 17.6 Å². The Labute approximate surface area is 143 Å². The summed E-state index contributed by atoms with van der Waals surface area (Å²) in [6.45, 7) is 2.24. The second-order valence-corrected chi connectivity index (χ2v) is 5.83. The van der Waals surface area contributed by atoms with Gasteiger partial charge in [0, 0.05) is 24.2 Å². The molecule has 0 aliphatic carbocycles. The van der Waals surface area contributed by atoms with Gasteiger partial charge in [-0.05, 0) is 25.2 Å². The van der Waals surface area contributed by atoms with Crippen LogP contribution in [0.3, 0.4) is 0 Å². The van der Waals surface area contributed by atoms with E-state index in [1.54, 1.807) is 21.3 Å². The minimum absolute atomic E-state index is 0.168. The molecule has 6 heteroatoms. The quantitative estimate of drug-likeness (QED) is 0.644. The molecule has 0 bridgehead atoms. The summed E-state index contributed by atoms with van der Waals surface area (Å²) in [5.41, 5.74) is 6.54. The molecule has 0 aliphatic heterocycles. The molecule has 0 radical (unpaired) electrons. The molecule has 0 heterocycles. The highest BCUT2D eigenvalue weighted by Gasteiger charge is 2.21. The second-order valence-electron chi connectivity index (χ2n) is 5.83. The number of hydrogen-bond acceptors (Lipinski definition) is 5. The number of carboxylic acids is 1. The summed E-state index contributed by atoms with van der Waals surface area (Å²) in [5, 5.41) is 9.19. The van der Waals surface area contributed by atoms with Gasteiger partial charge in [-0.2, -0.15) is 0 Å². The van der Waals surface area contributed by atoms with Crippen molar-refractivity contribution in [3.05, 3.63) is 17.7 Å². The smallest absolute Gasteiger partial charge is 0.307 e. The summed E-state index contributed by atoms with van der Waals surface area (Å²) in [5.74, 6) is 1.08. The van der Waals surface area contributed by atoms with Crippen molar-refractivity contribution in [2.75, 3.05) is 27.9 Å². The highest BCUT2D eigenvalue weighted by Crippen LogP contribution is 2.36. The highest BCUT2D eigenvalue weighted by atomic mass is 16.5. The second kappa shape index (κ2) is 10.0. The van der Waals surface area contributed by atoms with E-state index in [2.05, 4.69) is 6.92 Å². The van der Waals surface area contributed by atoms with E-state index in [9.17, 15) is 9.90 Å². The van der Waals surface area contributed by atoms with Gasteiger partial charge in [-0.3, -0.25) is 4.79 Å². The number of rotatable bonds is 11. The van der Waals surface area contributed by atoms with Crippen molar-refractivity contribution >= 4 is 5.97 Å². The molecular weight excluding hydrogens is 310 g/mol. The lowest BCUT2D eigenvalue weighted by Gasteiger charge is -2.20. The van der Waals surface area contributed by atoms with Gasteiger partial charge in [0.2, 0.25) is 0 Å². The van der Waals surface area contributed by atoms with Crippen molar-refractivity contribution in [1.82, 2.24) is 0 Å². The molecular formula is C18H29NO5. The van der Waals surface area contributed by atoms with Crippen LogP contribution in [0.2, 0.25) is 0 Å². The summed E-state index contributed by atoms with van der Waals surface area (Å²) >= 11 is 0. The maximum absolute atomic E-state index is 11.2. The third-order valence-corrected chi connectivity index (χ3v) is 4.45. The first-order valence-electron chi connectivity index (χ1n) is 8.22. The summed E-state index contributed by atoms with van der Waals surface area (Å²) in [7, 11) is 4.83. The maximum atomic E-state index is 11.2. The van der Waals surface area contributed by atoms with E-state index in [0.717, 1.165) is 36.3 Å². The van der Waals surface area contributed by atoms with Gasteiger partial charge in [0.15, 0.2) is 0 Å². The Morgan fingerprint density at radius 2 is 1.75 bits per heavy atom. The number of carboxylic acid groups (broad SMARTS) is 1. The predicted octanol–water partition coefficient (Wildman–Crippen LogP) is 2.72. The van der Waals surface area contributed by atoms with Crippen LogP contribution in [0.15, 0.2) is 12.1 Å². The van der Waals surface area contributed by atoms with Crippen molar-refractivity contribution in [3.63, 3.8) is 0 Å². The van der Waals surface area contributed by atoms with Gasteiger partial charge in [0.25, 0.3) is 0 Å². The molecule has 0 amide bonds. The van der Waals surface area contributed by atoms with Crippen LogP contribution >= 0.6 is 0 Å². The number of ether oxygens (including phenoxy) is 3. The maximum Gasteiger partial charge on any atom is 0.307 e. The van der Waals surface area contributed by atoms with E-state index >= 15 is 0 Å². The summed E-state index contributed by atoms with van der Waals surface area (Å²) in [4.78, 5) is 11.2. The zero-order chi connectivity index (χ0) is 18.1. The van der Waals surface area contributed by atoms with Gasteiger partial charge >= 0.3 is 5.97 Å². The number of aliphatic carboxylic acids is 1. The first kappa shape index (κ1) is 20.1. The van der Waals surface area contributed by atoms with Crippen molar-refractivity contribution < 1.29 is 24.1 Å². The van der Waals surface area contributed by atoms with Crippen LogP contribution in [0.25, 0.3) is 0 Å². The molecule has 2 atom stereocenters. The summed E-state index contributed by atoms with van der Waals surface area (Å²) in [6.07, 6.45) is 3.08. The van der Waals surface area contributed by atoms with Crippen LogP contribution in [0, 0.1) is 11.8 Å². The monoisotopic (exact) mass is 339 g/mol. The van der Waals surface area contributed by atoms with Gasteiger partial charge in [-0.1, -0.05) is 13.3 Å². The third-order valence-electron chi connectivity index (χ3n) is 4.45. The zero-order valence-corrected chi connectivity index (χ0v) is 15.0. The molecule has 136 valence electrons. The van der Waals surface area contributed by atoms with Crippen LogP contribution in [-0.4, -0.2) is 38.9 Å². The molecule has 0 saturated heterocycles. The van der Waals surface area contributed by atoms with E-state index in [0.29, 0.717) is 12.2 Å². The van der Waals surface area contributed by atoms with Gasteiger partial charge in [-0.25, -0.2) is 0 Å². The van der Waals surface area contributed by atoms with Crippen LogP contribution in [0.5, 0.6) is 17.2 Å². The molecule has 6 nitrogen and oxygen atoms in total. The number of benzene rings is 1. The molecule has 1 aromatic carbocycles. The Morgan fingerprint density at radius 1 is 1.17 bits per heavy atom. The Kier molecular flexibility index (Phi) is 8.40. The van der Waals surface area contributed by atoms with Crippen LogP contribution < -0.4 is 19.9 Å². The fraction of sp³-hybridized carbons (Fsp3) is 0.611. The predicted molar refractivity (Wildman–Crippen MR) is 93.0 cm³/mol. The average Bonchev–Trinajstić information content (AvgIpc) is 2.60. The van der Waals surface area contributed by atoms with E-state index in [1.165, 1.54) is 0 Å². The molecule has 0 aromatic heterocycles. The van der Waals surface area contributed by atoms with Crippen molar-refractivity contribution in [3.8, 4) is 17.2 Å². The number of hydrogen-bond donors (Lipinski definition) is 2. The Hall–Kier alpha value is -1.95. The van der Waals surface area contributed by atoms with Crippen molar-refractivity contribution in [1.29, 1.82) is 0 Å². The fourth-order valence-electron chi connectivity index (χ4n) is 2.86. The largest absolute Gasteiger partial charge is 0.496 e. The van der Waals surface area contributed by atoms with Gasteiger partial charge < -0.3 is 25.1 Å². The summed E-state index contributed by atoms with van der Waals surface area (Å²) in [6, 6.07) is 3.66. The topological polar surface area (TPSA) is 91.0 Å². The SMILES string of the molecule is CCC(CCc1c(OC)cc(OC)cc1OC)CC(CN)C(=O)O. The van der Waals surface area contributed by atoms with Crippen LogP contribution in [0.1, 0.15) is 31.7 Å². The Morgan fingerprint density at radius 3 is 2.12 bits per heavy atom. The molecule has 2 unspecified atom stereocenters. The molecule has 1 rings (SSSR count). The fourth-order valence-corrected chi connectivity index (χ4v) is 2.86. The zero-order valence-electron chi connectivity index (χ0n) is 15.0. The van der Waals surface area contributed by atoms with Crippen molar-refractivity contribution in [2.45, 2.75) is 32.6 Å². The first-order chi connectivity index (χ1) is 11.5. The molecule has 0 fully saturated rings. The normalized spacial score (nSPS) is 13.2. The lowest BCUT2D eigenvalue weighted by atomic mass is 9.87. The highest BCUT2D eigenvalue weighted by molar-refractivity contribution is 5.70. The van der Waals surface area contributed by atoms with Gasteiger partial charge in [0.05, 0.1) is 27.2 Å². The van der Waals surface area contributed by atoms with Crippen LogP contribution in [0.4, 0.5) is 0 Å². The van der Waals surface area contributed by atoms with Gasteiger partial charge in [-0.15, -0.1) is 0 Å². The molecule has 0 saturated carbocycles. The molecule has 24 heavy (non-hydrogen) atoms. The van der Waals surface area contributed by atoms with E-state index < -0.39 is 11.9 Å². The molecule has 3 N–H and O–H groups in total. The number of methoxy groups -OCH3 is 3.